The van der Waals surface area contributed by atoms with Crippen LogP contribution < -0.4 is 4.74 Å². The van der Waals surface area contributed by atoms with E-state index in [9.17, 15) is 0 Å². The number of methoxy groups -OCH3 is 1. The van der Waals surface area contributed by atoms with Gasteiger partial charge in [0.15, 0.2) is 0 Å². The zero-order chi connectivity index (χ0) is 14.7. The number of nitriles is 1. The summed E-state index contributed by atoms with van der Waals surface area (Å²) in [5.74, 6) is 1.61. The lowest BCUT2D eigenvalue weighted by molar-refractivity contribution is 0.183. The van der Waals surface area contributed by atoms with E-state index in [4.69, 9.17) is 10.00 Å². The Balaban J connectivity index is 1.72. The first-order chi connectivity index (χ1) is 10.3. The minimum atomic E-state index is 0.620. The molecule has 1 atom stereocenters. The van der Waals surface area contributed by atoms with Gasteiger partial charge in [0.1, 0.15) is 11.8 Å². The van der Waals surface area contributed by atoms with Gasteiger partial charge < -0.3 is 4.74 Å². The molecule has 1 unspecified atom stereocenters. The van der Waals surface area contributed by atoms with E-state index in [-0.39, 0.29) is 0 Å². The fraction of sp³-hybridized carbons (Fsp3) is 0.611. The first-order valence-corrected chi connectivity index (χ1v) is 8.13. The van der Waals surface area contributed by atoms with Crippen molar-refractivity contribution in [3.05, 3.63) is 29.3 Å². The second kappa shape index (κ2) is 6.49. The number of rotatable bonds is 4. The molecule has 112 valence electrons. The number of ether oxygens (including phenoxy) is 1. The lowest BCUT2D eigenvalue weighted by Gasteiger charge is -2.29. The molecule has 2 fully saturated rings. The minimum Gasteiger partial charge on any atom is -0.495 e. The van der Waals surface area contributed by atoms with Gasteiger partial charge in [-0.25, -0.2) is 0 Å². The molecular formula is C18H24N2O. The standard InChI is InChI=1S/C18H24N2O/c1-21-18-11-14(8-9-16(18)12-19)13-20-10-4-7-17(20)15-5-2-3-6-15/h8-9,11,15,17H,2-7,10,13H2,1H3. The summed E-state index contributed by atoms with van der Waals surface area (Å²) in [6.45, 7) is 2.20. The van der Waals surface area contributed by atoms with Crippen molar-refractivity contribution in [2.75, 3.05) is 13.7 Å². The van der Waals surface area contributed by atoms with Gasteiger partial charge in [-0.15, -0.1) is 0 Å². The molecule has 0 spiro atoms. The third-order valence-corrected chi connectivity index (χ3v) is 5.13. The Labute approximate surface area is 127 Å². The zero-order valence-electron chi connectivity index (χ0n) is 12.8. The number of hydrogen-bond acceptors (Lipinski definition) is 3. The van der Waals surface area contributed by atoms with Crippen molar-refractivity contribution < 1.29 is 4.74 Å². The summed E-state index contributed by atoms with van der Waals surface area (Å²) in [5.41, 5.74) is 1.88. The highest BCUT2D eigenvalue weighted by Crippen LogP contribution is 2.36. The topological polar surface area (TPSA) is 36.3 Å². The van der Waals surface area contributed by atoms with Crippen molar-refractivity contribution in [1.82, 2.24) is 4.90 Å². The van der Waals surface area contributed by atoms with Gasteiger partial charge in [-0.2, -0.15) is 5.26 Å². The summed E-state index contributed by atoms with van der Waals surface area (Å²) in [6, 6.07) is 8.94. The van der Waals surface area contributed by atoms with E-state index in [1.807, 2.05) is 12.1 Å². The van der Waals surface area contributed by atoms with Crippen LogP contribution in [0.1, 0.15) is 49.7 Å². The van der Waals surface area contributed by atoms with Crippen LogP contribution in [0.4, 0.5) is 0 Å². The summed E-state index contributed by atoms with van der Waals surface area (Å²) in [4.78, 5) is 2.65. The van der Waals surface area contributed by atoms with Crippen molar-refractivity contribution in [2.24, 2.45) is 5.92 Å². The van der Waals surface area contributed by atoms with Crippen molar-refractivity contribution >= 4 is 0 Å². The predicted molar refractivity (Wildman–Crippen MR) is 83.1 cm³/mol. The van der Waals surface area contributed by atoms with Crippen LogP contribution in [-0.4, -0.2) is 24.6 Å². The Hall–Kier alpha value is -1.53. The number of likely N-dealkylation sites (tertiary alicyclic amines) is 1. The average molecular weight is 284 g/mol. The highest BCUT2D eigenvalue weighted by atomic mass is 16.5. The molecule has 0 amide bonds. The summed E-state index contributed by atoms with van der Waals surface area (Å²) in [5, 5.41) is 9.07. The molecule has 1 aromatic rings. The highest BCUT2D eigenvalue weighted by molar-refractivity contribution is 5.45. The van der Waals surface area contributed by atoms with Gasteiger partial charge in [-0.05, 0) is 55.8 Å². The van der Waals surface area contributed by atoms with Gasteiger partial charge in [0.05, 0.1) is 12.7 Å². The van der Waals surface area contributed by atoms with Gasteiger partial charge >= 0.3 is 0 Å². The molecule has 0 bridgehead atoms. The van der Waals surface area contributed by atoms with E-state index in [0.29, 0.717) is 11.3 Å². The Bertz CT molecular complexity index is 529. The van der Waals surface area contributed by atoms with E-state index >= 15 is 0 Å². The van der Waals surface area contributed by atoms with Crippen LogP contribution in [-0.2, 0) is 6.54 Å². The maximum atomic E-state index is 9.07. The Morgan fingerprint density at radius 1 is 1.24 bits per heavy atom. The molecule has 1 aliphatic carbocycles. The van der Waals surface area contributed by atoms with Crippen molar-refractivity contribution in [2.45, 2.75) is 51.1 Å². The molecule has 3 nitrogen and oxygen atoms in total. The summed E-state index contributed by atoms with van der Waals surface area (Å²) in [6.07, 6.45) is 8.35. The molecule has 0 radical (unpaired) electrons. The summed E-state index contributed by atoms with van der Waals surface area (Å²) < 4.78 is 5.33. The van der Waals surface area contributed by atoms with E-state index in [1.54, 1.807) is 7.11 Å². The molecule has 1 saturated heterocycles. The van der Waals surface area contributed by atoms with Crippen LogP contribution in [0.25, 0.3) is 0 Å². The van der Waals surface area contributed by atoms with Gasteiger partial charge in [-0.3, -0.25) is 4.90 Å². The lowest BCUT2D eigenvalue weighted by Crippen LogP contribution is -2.34. The first kappa shape index (κ1) is 14.4. The maximum absolute atomic E-state index is 9.07. The molecular weight excluding hydrogens is 260 g/mol. The van der Waals surface area contributed by atoms with Gasteiger partial charge in [0, 0.05) is 12.6 Å². The Morgan fingerprint density at radius 3 is 2.76 bits per heavy atom. The maximum Gasteiger partial charge on any atom is 0.136 e. The van der Waals surface area contributed by atoms with Crippen molar-refractivity contribution in [1.29, 1.82) is 5.26 Å². The second-order valence-corrected chi connectivity index (χ2v) is 6.37. The fourth-order valence-electron chi connectivity index (χ4n) is 4.09. The molecule has 3 rings (SSSR count). The number of benzene rings is 1. The van der Waals surface area contributed by atoms with E-state index in [0.717, 1.165) is 18.5 Å². The number of hydrogen-bond donors (Lipinski definition) is 0. The monoisotopic (exact) mass is 284 g/mol. The van der Waals surface area contributed by atoms with Crippen LogP contribution in [0.5, 0.6) is 5.75 Å². The van der Waals surface area contributed by atoms with Gasteiger partial charge in [0.25, 0.3) is 0 Å². The van der Waals surface area contributed by atoms with Crippen LogP contribution in [0.15, 0.2) is 18.2 Å². The molecule has 1 aromatic carbocycles. The summed E-state index contributed by atoms with van der Waals surface area (Å²) >= 11 is 0. The third-order valence-electron chi connectivity index (χ3n) is 5.13. The number of nitrogens with zero attached hydrogens (tertiary/aromatic N) is 2. The molecule has 0 N–H and O–H groups in total. The molecule has 1 saturated carbocycles. The predicted octanol–water partition coefficient (Wildman–Crippen LogP) is 3.72. The Morgan fingerprint density at radius 2 is 2.05 bits per heavy atom. The van der Waals surface area contributed by atoms with Gasteiger partial charge in [0.2, 0.25) is 0 Å². The zero-order valence-corrected chi connectivity index (χ0v) is 12.8. The quantitative estimate of drug-likeness (QED) is 0.845. The van der Waals surface area contributed by atoms with E-state index in [2.05, 4.69) is 17.0 Å². The fourth-order valence-corrected chi connectivity index (χ4v) is 4.09. The highest BCUT2D eigenvalue weighted by Gasteiger charge is 2.33. The van der Waals surface area contributed by atoms with Gasteiger partial charge in [-0.1, -0.05) is 18.9 Å². The first-order valence-electron chi connectivity index (χ1n) is 8.13. The molecule has 21 heavy (non-hydrogen) atoms. The SMILES string of the molecule is COc1cc(CN2CCCC2C2CCCC2)ccc1C#N. The molecule has 3 heteroatoms. The van der Waals surface area contributed by atoms with Crippen molar-refractivity contribution in [3.63, 3.8) is 0 Å². The minimum absolute atomic E-state index is 0.620. The van der Waals surface area contributed by atoms with Crippen LogP contribution in [0, 0.1) is 17.2 Å². The smallest absolute Gasteiger partial charge is 0.136 e. The summed E-state index contributed by atoms with van der Waals surface area (Å²) in [7, 11) is 1.64. The molecule has 2 aliphatic rings. The van der Waals surface area contributed by atoms with Crippen LogP contribution >= 0.6 is 0 Å². The lowest BCUT2D eigenvalue weighted by atomic mass is 9.95. The molecule has 1 aliphatic heterocycles. The largest absolute Gasteiger partial charge is 0.495 e. The van der Waals surface area contributed by atoms with E-state index in [1.165, 1.54) is 50.6 Å². The molecule has 1 heterocycles. The van der Waals surface area contributed by atoms with Crippen molar-refractivity contribution in [3.8, 4) is 11.8 Å². The Kier molecular flexibility index (Phi) is 4.45. The van der Waals surface area contributed by atoms with Crippen LogP contribution in [0.2, 0.25) is 0 Å². The third kappa shape index (κ3) is 3.06. The average Bonchev–Trinajstić information content (AvgIpc) is 3.17. The molecule has 0 aromatic heterocycles. The van der Waals surface area contributed by atoms with E-state index < -0.39 is 0 Å². The normalized spacial score (nSPS) is 23.3. The van der Waals surface area contributed by atoms with Crippen LogP contribution in [0.3, 0.4) is 0 Å². The second-order valence-electron chi connectivity index (χ2n) is 6.37.